The van der Waals surface area contributed by atoms with E-state index >= 15 is 0 Å². The minimum atomic E-state index is -0.199. The number of nitrogens with zero attached hydrogens (tertiary/aromatic N) is 2. The summed E-state index contributed by atoms with van der Waals surface area (Å²) in [5.41, 5.74) is 5.68. The summed E-state index contributed by atoms with van der Waals surface area (Å²) in [5, 5.41) is 1.81. The Morgan fingerprint density at radius 1 is 0.871 bits per heavy atom. The SMILES string of the molecule is O=C(CCC(=O)N1CCOc2ccccc21)NN(Cc1ccccc1)c1ccccc1. The molecule has 0 spiro atoms. The summed E-state index contributed by atoms with van der Waals surface area (Å²) in [7, 11) is 0. The van der Waals surface area contributed by atoms with Gasteiger partial charge in [-0.1, -0.05) is 60.7 Å². The smallest absolute Gasteiger partial charge is 0.239 e. The fraction of sp³-hybridized carbons (Fsp3) is 0.200. The van der Waals surface area contributed by atoms with Gasteiger partial charge in [0.2, 0.25) is 11.8 Å². The van der Waals surface area contributed by atoms with Gasteiger partial charge in [-0.05, 0) is 29.8 Å². The highest BCUT2D eigenvalue weighted by Crippen LogP contribution is 2.31. The highest BCUT2D eigenvalue weighted by molar-refractivity contribution is 5.97. The second-order valence-electron chi connectivity index (χ2n) is 7.30. The fourth-order valence-corrected chi connectivity index (χ4v) is 3.56. The van der Waals surface area contributed by atoms with E-state index in [1.165, 1.54) is 0 Å². The molecule has 0 atom stereocenters. The molecule has 1 heterocycles. The molecule has 0 radical (unpaired) electrons. The monoisotopic (exact) mass is 415 g/mol. The number of nitrogens with one attached hydrogen (secondary N) is 1. The first-order valence-electron chi connectivity index (χ1n) is 10.4. The second kappa shape index (κ2) is 9.80. The summed E-state index contributed by atoms with van der Waals surface area (Å²) in [5.74, 6) is 0.416. The van der Waals surface area contributed by atoms with E-state index in [-0.39, 0.29) is 24.7 Å². The Morgan fingerprint density at radius 3 is 2.32 bits per heavy atom. The van der Waals surface area contributed by atoms with Crippen molar-refractivity contribution < 1.29 is 14.3 Å². The maximum atomic E-state index is 12.8. The Bertz CT molecular complexity index is 1020. The summed E-state index contributed by atoms with van der Waals surface area (Å²) in [6.07, 6.45) is 0.241. The third kappa shape index (κ3) is 5.22. The summed E-state index contributed by atoms with van der Waals surface area (Å²) in [4.78, 5) is 27.2. The number of carbonyl (C=O) groups excluding carboxylic acids is 2. The van der Waals surface area contributed by atoms with Crippen molar-refractivity contribution in [1.29, 1.82) is 0 Å². The standard InChI is InChI=1S/C25H25N3O3/c29-24(15-16-25(30)27-17-18-31-23-14-8-7-13-22(23)27)26-28(21-11-5-2-6-12-21)19-20-9-3-1-4-10-20/h1-14H,15-19H2,(H,26,29). The molecule has 1 aliphatic heterocycles. The molecule has 0 saturated carbocycles. The van der Waals surface area contributed by atoms with Crippen molar-refractivity contribution >= 4 is 23.2 Å². The van der Waals surface area contributed by atoms with Crippen LogP contribution in [0.15, 0.2) is 84.9 Å². The van der Waals surface area contributed by atoms with E-state index in [9.17, 15) is 9.59 Å². The number of rotatable bonds is 7. The van der Waals surface area contributed by atoms with Crippen molar-refractivity contribution in [3.05, 3.63) is 90.5 Å². The number of hydrazine groups is 1. The molecule has 0 unspecified atom stereocenters. The van der Waals surface area contributed by atoms with E-state index in [1.54, 1.807) is 4.90 Å². The van der Waals surface area contributed by atoms with Gasteiger partial charge >= 0.3 is 0 Å². The van der Waals surface area contributed by atoms with Crippen LogP contribution in [0.4, 0.5) is 11.4 Å². The maximum Gasteiger partial charge on any atom is 0.239 e. The molecular formula is C25H25N3O3. The first-order valence-corrected chi connectivity index (χ1v) is 10.4. The molecule has 6 nitrogen and oxygen atoms in total. The van der Waals surface area contributed by atoms with Crippen molar-refractivity contribution in [3.63, 3.8) is 0 Å². The molecule has 2 amide bonds. The molecule has 0 aliphatic carbocycles. The lowest BCUT2D eigenvalue weighted by atomic mass is 10.2. The average molecular weight is 415 g/mol. The number of amides is 2. The van der Waals surface area contributed by atoms with Gasteiger partial charge in [0.05, 0.1) is 24.5 Å². The highest BCUT2D eigenvalue weighted by Gasteiger charge is 2.23. The first-order chi connectivity index (χ1) is 15.2. The van der Waals surface area contributed by atoms with Gasteiger partial charge in [-0.15, -0.1) is 0 Å². The molecule has 3 aromatic carbocycles. The first kappa shape index (κ1) is 20.5. The van der Waals surface area contributed by atoms with Crippen LogP contribution < -0.4 is 20.1 Å². The van der Waals surface area contributed by atoms with Crippen molar-refractivity contribution in [2.24, 2.45) is 0 Å². The number of carbonyl (C=O) groups is 2. The predicted octanol–water partition coefficient (Wildman–Crippen LogP) is 3.93. The minimum absolute atomic E-state index is 0.0831. The fourth-order valence-electron chi connectivity index (χ4n) is 3.56. The quantitative estimate of drug-likeness (QED) is 0.594. The van der Waals surface area contributed by atoms with Crippen LogP contribution in [0.1, 0.15) is 18.4 Å². The van der Waals surface area contributed by atoms with Gasteiger partial charge < -0.3 is 9.64 Å². The van der Waals surface area contributed by atoms with E-state index in [0.717, 1.165) is 16.9 Å². The van der Waals surface area contributed by atoms with E-state index in [2.05, 4.69) is 5.43 Å². The third-order valence-corrected chi connectivity index (χ3v) is 5.11. The molecule has 158 valence electrons. The lowest BCUT2D eigenvalue weighted by Crippen LogP contribution is -2.43. The van der Waals surface area contributed by atoms with Crippen LogP contribution in [0.5, 0.6) is 5.75 Å². The molecule has 0 saturated heterocycles. The molecular weight excluding hydrogens is 390 g/mol. The lowest BCUT2D eigenvalue weighted by Gasteiger charge is -2.29. The normalized spacial score (nSPS) is 12.5. The summed E-state index contributed by atoms with van der Waals surface area (Å²) < 4.78 is 5.61. The van der Waals surface area contributed by atoms with Gasteiger partial charge in [-0.2, -0.15) is 0 Å². The Labute approximate surface area is 182 Å². The van der Waals surface area contributed by atoms with E-state index < -0.39 is 0 Å². The van der Waals surface area contributed by atoms with E-state index in [4.69, 9.17) is 4.74 Å². The molecule has 0 aromatic heterocycles. The number of hydrogen-bond donors (Lipinski definition) is 1. The Kier molecular flexibility index (Phi) is 6.47. The number of fused-ring (bicyclic) bond motifs is 1. The minimum Gasteiger partial charge on any atom is -0.490 e. The van der Waals surface area contributed by atoms with Crippen molar-refractivity contribution in [2.75, 3.05) is 23.1 Å². The molecule has 1 N–H and O–H groups in total. The maximum absolute atomic E-state index is 12.8. The highest BCUT2D eigenvalue weighted by atomic mass is 16.5. The van der Waals surface area contributed by atoms with Crippen LogP contribution in [0.25, 0.3) is 0 Å². The zero-order valence-electron chi connectivity index (χ0n) is 17.2. The Hall–Kier alpha value is -3.80. The third-order valence-electron chi connectivity index (χ3n) is 5.11. The summed E-state index contributed by atoms with van der Waals surface area (Å²) >= 11 is 0. The summed E-state index contributed by atoms with van der Waals surface area (Å²) in [6.45, 7) is 1.47. The van der Waals surface area contributed by atoms with Crippen molar-refractivity contribution in [3.8, 4) is 5.75 Å². The van der Waals surface area contributed by atoms with Crippen LogP contribution in [-0.4, -0.2) is 25.0 Å². The van der Waals surface area contributed by atoms with Crippen molar-refractivity contribution in [2.45, 2.75) is 19.4 Å². The van der Waals surface area contributed by atoms with Gasteiger partial charge in [-0.25, -0.2) is 0 Å². The van der Waals surface area contributed by atoms with Crippen LogP contribution in [-0.2, 0) is 16.1 Å². The van der Waals surface area contributed by atoms with Gasteiger partial charge in [0.15, 0.2) is 0 Å². The summed E-state index contributed by atoms with van der Waals surface area (Å²) in [6, 6.07) is 27.1. The second-order valence-corrected chi connectivity index (χ2v) is 7.30. The van der Waals surface area contributed by atoms with Crippen molar-refractivity contribution in [1.82, 2.24) is 5.43 Å². The van der Waals surface area contributed by atoms with Gasteiger partial charge in [0.25, 0.3) is 0 Å². The van der Waals surface area contributed by atoms with E-state index in [0.29, 0.717) is 25.4 Å². The van der Waals surface area contributed by atoms with Gasteiger partial charge in [0, 0.05) is 12.8 Å². The molecule has 4 rings (SSSR count). The number of para-hydroxylation sites is 3. The number of ether oxygens (including phenoxy) is 1. The largest absolute Gasteiger partial charge is 0.490 e. The molecule has 31 heavy (non-hydrogen) atoms. The number of hydrogen-bond acceptors (Lipinski definition) is 4. The lowest BCUT2D eigenvalue weighted by molar-refractivity contribution is -0.125. The Balaban J connectivity index is 1.38. The zero-order valence-corrected chi connectivity index (χ0v) is 17.2. The average Bonchev–Trinajstić information content (AvgIpc) is 2.83. The Morgan fingerprint density at radius 2 is 1.55 bits per heavy atom. The zero-order chi connectivity index (χ0) is 21.5. The van der Waals surface area contributed by atoms with Crippen LogP contribution in [0.2, 0.25) is 0 Å². The molecule has 1 aliphatic rings. The van der Waals surface area contributed by atoms with Crippen LogP contribution in [0.3, 0.4) is 0 Å². The molecule has 3 aromatic rings. The van der Waals surface area contributed by atoms with Crippen LogP contribution in [0, 0.1) is 0 Å². The van der Waals surface area contributed by atoms with Gasteiger partial charge in [0.1, 0.15) is 12.4 Å². The predicted molar refractivity (Wildman–Crippen MR) is 121 cm³/mol. The molecule has 6 heteroatoms. The number of benzene rings is 3. The van der Waals surface area contributed by atoms with Crippen LogP contribution >= 0.6 is 0 Å². The van der Waals surface area contributed by atoms with E-state index in [1.807, 2.05) is 89.9 Å². The topological polar surface area (TPSA) is 61.9 Å². The molecule has 0 bridgehead atoms. The number of anilines is 2. The van der Waals surface area contributed by atoms with Gasteiger partial charge in [-0.3, -0.25) is 20.0 Å². The molecule has 0 fully saturated rings.